The Morgan fingerprint density at radius 2 is 1.74 bits per heavy atom. The molecular weight excluding hydrogens is 508 g/mol. The van der Waals surface area contributed by atoms with Gasteiger partial charge in [-0.05, 0) is 35.2 Å². The number of aromatic nitrogens is 2. The van der Waals surface area contributed by atoms with Crippen molar-refractivity contribution < 1.29 is 50.9 Å². The van der Waals surface area contributed by atoms with Crippen molar-refractivity contribution in [2.45, 2.75) is 50.4 Å². The van der Waals surface area contributed by atoms with Crippen LogP contribution in [-0.2, 0) is 27.4 Å². The fourth-order valence-corrected chi connectivity index (χ4v) is 4.47. The number of hydrogen-bond donors (Lipinski definition) is 2. The molecule has 8 nitrogen and oxygen atoms in total. The first-order chi connectivity index (χ1) is 16.3. The predicted molar refractivity (Wildman–Crippen MR) is 111 cm³/mol. The van der Waals surface area contributed by atoms with Gasteiger partial charge in [-0.25, -0.2) is 14.6 Å². The van der Waals surface area contributed by atoms with Gasteiger partial charge in [0.2, 0.25) is 0 Å². The number of carbonyl (C=O) groups is 2. The third-order valence-corrected chi connectivity index (χ3v) is 6.02. The van der Waals surface area contributed by atoms with Gasteiger partial charge in [0.1, 0.15) is 0 Å². The molecule has 0 radical (unpaired) electrons. The number of morpholine rings is 1. The van der Waals surface area contributed by atoms with E-state index in [9.17, 15) is 26.3 Å². The second kappa shape index (κ2) is 12.4. The van der Waals surface area contributed by atoms with E-state index >= 15 is 0 Å². The average Bonchev–Trinajstić information content (AvgIpc) is 3.51. The monoisotopic (exact) mass is 531 g/mol. The van der Waals surface area contributed by atoms with E-state index < -0.39 is 24.3 Å². The van der Waals surface area contributed by atoms with Gasteiger partial charge in [-0.3, -0.25) is 4.90 Å². The first kappa shape index (κ1) is 28.6. The quantitative estimate of drug-likeness (QED) is 0.577. The van der Waals surface area contributed by atoms with Crippen molar-refractivity contribution in [2.75, 3.05) is 13.2 Å². The molecule has 1 saturated heterocycles. The van der Waals surface area contributed by atoms with Crippen molar-refractivity contribution in [1.29, 1.82) is 0 Å². The van der Waals surface area contributed by atoms with Crippen LogP contribution in [0.25, 0.3) is 0 Å². The largest absolute Gasteiger partial charge is 0.490 e. The summed E-state index contributed by atoms with van der Waals surface area (Å²) in [5.74, 6) is -4.89. The Bertz CT molecular complexity index is 897. The first-order valence-corrected chi connectivity index (χ1v) is 11.2. The highest BCUT2D eigenvalue weighted by Gasteiger charge is 2.42. The molecule has 1 aliphatic heterocycles. The van der Waals surface area contributed by atoms with Crippen molar-refractivity contribution in [3.8, 4) is 0 Å². The Hall–Kier alpha value is -2.65. The van der Waals surface area contributed by atoms with E-state index in [1.165, 1.54) is 18.4 Å². The van der Waals surface area contributed by atoms with Gasteiger partial charge < -0.3 is 19.5 Å². The zero-order valence-corrected chi connectivity index (χ0v) is 18.9. The van der Waals surface area contributed by atoms with Crippen LogP contribution in [0.1, 0.15) is 18.4 Å². The van der Waals surface area contributed by atoms with Crippen LogP contribution in [0.4, 0.5) is 26.3 Å². The number of carboxylic acid groups (broad SMARTS) is 2. The zero-order valence-electron chi connectivity index (χ0n) is 18.1. The molecule has 3 heterocycles. The molecule has 2 aromatic heterocycles. The number of halogens is 6. The molecule has 2 N–H and O–H groups in total. The maximum Gasteiger partial charge on any atom is 0.490 e. The third kappa shape index (κ3) is 9.14. The molecule has 2 aliphatic rings. The van der Waals surface area contributed by atoms with Crippen molar-refractivity contribution >= 4 is 23.3 Å². The summed E-state index contributed by atoms with van der Waals surface area (Å²) in [6, 6.07) is 2.83. The molecule has 1 saturated carbocycles. The summed E-state index contributed by atoms with van der Waals surface area (Å²) in [5.41, 5.74) is 1.44. The van der Waals surface area contributed by atoms with Gasteiger partial charge in [0.25, 0.3) is 0 Å². The van der Waals surface area contributed by atoms with Crippen LogP contribution >= 0.6 is 11.3 Å². The number of thiophene rings is 1. The Morgan fingerprint density at radius 1 is 1.11 bits per heavy atom. The molecule has 15 heteroatoms. The highest BCUT2D eigenvalue weighted by molar-refractivity contribution is 7.07. The Labute approximate surface area is 199 Å². The summed E-state index contributed by atoms with van der Waals surface area (Å²) >= 11 is 1.79. The van der Waals surface area contributed by atoms with Gasteiger partial charge in [0, 0.05) is 44.0 Å². The number of fused-ring (bicyclic) bond motifs is 1. The number of ether oxygens (including phenoxy) is 1. The Kier molecular flexibility index (Phi) is 10.1. The van der Waals surface area contributed by atoms with Crippen LogP contribution in [0.2, 0.25) is 0 Å². The molecule has 0 amide bonds. The predicted octanol–water partition coefficient (Wildman–Crippen LogP) is 3.89. The highest BCUT2D eigenvalue weighted by atomic mass is 32.1. The maximum absolute atomic E-state index is 10.6. The summed E-state index contributed by atoms with van der Waals surface area (Å²) in [6.07, 6.45) is -1.43. The zero-order chi connectivity index (χ0) is 26.2. The standard InChI is InChI=1S/C16H21N3OS.2C2HF3O2/c1-2-15-16(14(1)10-18-5-4-17-12-18)20-7-6-19(15)9-13-3-8-21-11-13;2*3-2(4,5)1(6)7/h3-5,8,11-12,14-16H,1-2,6-7,9-10H2;2*(H,6,7). The first-order valence-electron chi connectivity index (χ1n) is 10.2. The smallest absolute Gasteiger partial charge is 0.475 e. The Balaban J connectivity index is 0.000000257. The lowest BCUT2D eigenvalue weighted by Crippen LogP contribution is -2.50. The molecule has 4 rings (SSSR count). The minimum Gasteiger partial charge on any atom is -0.475 e. The lowest BCUT2D eigenvalue weighted by Gasteiger charge is -2.39. The van der Waals surface area contributed by atoms with Crippen LogP contribution in [-0.4, -0.2) is 74.3 Å². The average molecular weight is 531 g/mol. The summed E-state index contributed by atoms with van der Waals surface area (Å²) in [5, 5.41) is 18.7. The van der Waals surface area contributed by atoms with E-state index in [-0.39, 0.29) is 0 Å². The van der Waals surface area contributed by atoms with Crippen molar-refractivity contribution in [1.82, 2.24) is 14.5 Å². The van der Waals surface area contributed by atoms with Crippen LogP contribution in [0.3, 0.4) is 0 Å². The molecule has 0 aromatic carbocycles. The summed E-state index contributed by atoms with van der Waals surface area (Å²) in [7, 11) is 0. The minimum atomic E-state index is -5.08. The molecule has 0 spiro atoms. The van der Waals surface area contributed by atoms with Crippen molar-refractivity contribution in [3.05, 3.63) is 41.1 Å². The number of aliphatic carboxylic acids is 2. The topological polar surface area (TPSA) is 105 Å². The Morgan fingerprint density at radius 3 is 2.23 bits per heavy atom. The fourth-order valence-electron chi connectivity index (χ4n) is 3.81. The van der Waals surface area contributed by atoms with E-state index in [0.29, 0.717) is 18.1 Å². The van der Waals surface area contributed by atoms with E-state index in [2.05, 4.69) is 37.5 Å². The van der Waals surface area contributed by atoms with E-state index in [0.717, 1.165) is 26.2 Å². The van der Waals surface area contributed by atoms with Gasteiger partial charge in [0.05, 0.1) is 19.0 Å². The fraction of sp³-hybridized carbons (Fsp3) is 0.550. The van der Waals surface area contributed by atoms with Crippen LogP contribution in [0.15, 0.2) is 35.5 Å². The molecule has 2 aromatic rings. The molecule has 1 aliphatic carbocycles. The van der Waals surface area contributed by atoms with Crippen LogP contribution in [0.5, 0.6) is 0 Å². The molecule has 196 valence electrons. The summed E-state index contributed by atoms with van der Waals surface area (Å²) < 4.78 is 71.8. The second-order valence-electron chi connectivity index (χ2n) is 7.71. The minimum absolute atomic E-state index is 0.389. The van der Waals surface area contributed by atoms with Gasteiger partial charge in [-0.15, -0.1) is 0 Å². The normalized spacial score (nSPS) is 22.3. The third-order valence-electron chi connectivity index (χ3n) is 5.29. The SMILES string of the molecule is O=C(O)C(F)(F)F.O=C(O)C(F)(F)F.c1cn(CC2CCC3C2OCCN3Cc2ccsc2)cn1. The number of carboxylic acids is 2. The van der Waals surface area contributed by atoms with Crippen molar-refractivity contribution in [3.63, 3.8) is 0 Å². The molecule has 3 unspecified atom stereocenters. The van der Waals surface area contributed by atoms with Gasteiger partial charge in [0.15, 0.2) is 0 Å². The number of alkyl halides is 6. The van der Waals surface area contributed by atoms with E-state index in [1.54, 1.807) is 11.3 Å². The number of hydrogen-bond acceptors (Lipinski definition) is 6. The molecular formula is C20H23F6N3O5S. The molecule has 0 bridgehead atoms. The lowest BCUT2D eigenvalue weighted by atomic mass is 10.0. The lowest BCUT2D eigenvalue weighted by molar-refractivity contribution is -0.193. The molecule has 35 heavy (non-hydrogen) atoms. The van der Waals surface area contributed by atoms with Crippen LogP contribution < -0.4 is 0 Å². The van der Waals surface area contributed by atoms with E-state index in [1.807, 2.05) is 12.5 Å². The summed E-state index contributed by atoms with van der Waals surface area (Å²) in [4.78, 5) is 24.6. The van der Waals surface area contributed by atoms with Gasteiger partial charge in [-0.2, -0.15) is 37.7 Å². The van der Waals surface area contributed by atoms with Gasteiger partial charge in [-0.1, -0.05) is 0 Å². The number of imidazole rings is 1. The number of nitrogens with zero attached hydrogens (tertiary/aromatic N) is 3. The maximum atomic E-state index is 10.6. The summed E-state index contributed by atoms with van der Waals surface area (Å²) in [6.45, 7) is 4.04. The number of rotatable bonds is 4. The van der Waals surface area contributed by atoms with Gasteiger partial charge >= 0.3 is 24.3 Å². The highest BCUT2D eigenvalue weighted by Crippen LogP contribution is 2.36. The molecule has 3 atom stereocenters. The van der Waals surface area contributed by atoms with Crippen molar-refractivity contribution in [2.24, 2.45) is 5.92 Å². The molecule has 2 fully saturated rings. The second-order valence-corrected chi connectivity index (χ2v) is 8.49. The van der Waals surface area contributed by atoms with Crippen LogP contribution in [0, 0.1) is 5.92 Å². The van der Waals surface area contributed by atoms with E-state index in [4.69, 9.17) is 24.5 Å².